The summed E-state index contributed by atoms with van der Waals surface area (Å²) in [6, 6.07) is 8.55. The van der Waals surface area contributed by atoms with Crippen LogP contribution in [-0.2, 0) is 11.2 Å². The molecule has 0 radical (unpaired) electrons. The summed E-state index contributed by atoms with van der Waals surface area (Å²) in [7, 11) is 2.19. The highest BCUT2D eigenvalue weighted by atomic mass is 79.9. The monoisotopic (exact) mass is 326 g/mol. The quantitative estimate of drug-likeness (QED) is 0.868. The van der Waals surface area contributed by atoms with Crippen LogP contribution < -0.4 is 5.32 Å². The molecule has 0 spiro atoms. The second-order valence-corrected chi connectivity index (χ2v) is 6.08. The smallest absolute Gasteiger partial charge is 0.0712 e. The summed E-state index contributed by atoms with van der Waals surface area (Å²) in [5.41, 5.74) is 1.39. The summed E-state index contributed by atoms with van der Waals surface area (Å²) in [6.45, 7) is 5.04. The van der Waals surface area contributed by atoms with Crippen molar-refractivity contribution < 1.29 is 4.74 Å². The van der Waals surface area contributed by atoms with E-state index in [2.05, 4.69) is 57.5 Å². The minimum Gasteiger partial charge on any atom is -0.376 e. The molecule has 0 aliphatic carbocycles. The van der Waals surface area contributed by atoms with E-state index in [0.29, 0.717) is 6.10 Å². The molecule has 0 amide bonds. The van der Waals surface area contributed by atoms with Crippen molar-refractivity contribution in [1.82, 2.24) is 10.2 Å². The lowest BCUT2D eigenvalue weighted by Crippen LogP contribution is -2.40. The Bertz CT molecular complexity index is 380. The Kier molecular flexibility index (Phi) is 6.31. The predicted molar refractivity (Wildman–Crippen MR) is 82.6 cm³/mol. The van der Waals surface area contributed by atoms with Crippen molar-refractivity contribution in [3.05, 3.63) is 34.3 Å². The van der Waals surface area contributed by atoms with Gasteiger partial charge in [0, 0.05) is 30.7 Å². The molecule has 1 atom stereocenters. The van der Waals surface area contributed by atoms with Gasteiger partial charge < -0.3 is 15.0 Å². The first-order chi connectivity index (χ1) is 9.24. The van der Waals surface area contributed by atoms with E-state index in [-0.39, 0.29) is 0 Å². The average Bonchev–Trinajstić information content (AvgIpc) is 2.44. The largest absolute Gasteiger partial charge is 0.376 e. The molecule has 4 heteroatoms. The molecule has 1 N–H and O–H groups in total. The van der Waals surface area contributed by atoms with Gasteiger partial charge in [0.15, 0.2) is 0 Å². The number of likely N-dealkylation sites (N-methyl/N-ethyl adjacent to an activating group) is 1. The maximum absolute atomic E-state index is 5.71. The van der Waals surface area contributed by atoms with E-state index >= 15 is 0 Å². The SMILES string of the molecule is CN(CCc1cccc(Br)c1)CCC1CNCCO1. The number of benzene rings is 1. The number of ether oxygens (including phenoxy) is 1. The number of hydrogen-bond donors (Lipinski definition) is 1. The molecule has 0 aromatic heterocycles. The molecule has 2 rings (SSSR count). The van der Waals surface area contributed by atoms with Crippen molar-refractivity contribution in [2.75, 3.05) is 39.8 Å². The molecule has 3 nitrogen and oxygen atoms in total. The molecule has 1 aromatic rings. The van der Waals surface area contributed by atoms with Gasteiger partial charge in [0.1, 0.15) is 0 Å². The van der Waals surface area contributed by atoms with Gasteiger partial charge in [-0.3, -0.25) is 0 Å². The Balaban J connectivity index is 1.65. The summed E-state index contributed by atoms with van der Waals surface area (Å²) >= 11 is 3.51. The fourth-order valence-corrected chi connectivity index (χ4v) is 2.74. The number of rotatable bonds is 6. The topological polar surface area (TPSA) is 24.5 Å². The second kappa shape index (κ2) is 8.00. The van der Waals surface area contributed by atoms with Crippen LogP contribution in [0.3, 0.4) is 0 Å². The van der Waals surface area contributed by atoms with Crippen LogP contribution in [0.5, 0.6) is 0 Å². The molecule has 0 bridgehead atoms. The van der Waals surface area contributed by atoms with E-state index in [4.69, 9.17) is 4.74 Å². The summed E-state index contributed by atoms with van der Waals surface area (Å²) in [5.74, 6) is 0. The Labute approximate surface area is 124 Å². The van der Waals surface area contributed by atoms with Crippen LogP contribution in [0.4, 0.5) is 0 Å². The molecule has 19 heavy (non-hydrogen) atoms. The third-order valence-corrected chi connectivity index (χ3v) is 4.00. The van der Waals surface area contributed by atoms with Gasteiger partial charge in [0.25, 0.3) is 0 Å². The zero-order chi connectivity index (χ0) is 13.5. The lowest BCUT2D eigenvalue weighted by atomic mass is 10.1. The zero-order valence-corrected chi connectivity index (χ0v) is 13.2. The van der Waals surface area contributed by atoms with E-state index in [1.165, 1.54) is 5.56 Å². The van der Waals surface area contributed by atoms with Crippen molar-refractivity contribution in [3.63, 3.8) is 0 Å². The minimum atomic E-state index is 0.391. The maximum Gasteiger partial charge on any atom is 0.0712 e. The standard InChI is InChI=1S/C15H23BrN2O/c1-18(9-6-15-12-17-7-10-19-15)8-5-13-3-2-4-14(16)11-13/h2-4,11,15,17H,5-10,12H2,1H3. The zero-order valence-electron chi connectivity index (χ0n) is 11.6. The molecule has 1 aliphatic rings. The van der Waals surface area contributed by atoms with Gasteiger partial charge in [0.2, 0.25) is 0 Å². The number of nitrogens with one attached hydrogen (secondary N) is 1. The molecular weight excluding hydrogens is 304 g/mol. The Morgan fingerprint density at radius 2 is 2.32 bits per heavy atom. The predicted octanol–water partition coefficient (Wildman–Crippen LogP) is 2.30. The number of morpholine rings is 1. The lowest BCUT2D eigenvalue weighted by molar-refractivity contribution is 0.0188. The molecule has 1 unspecified atom stereocenters. The Hall–Kier alpha value is -0.420. The summed E-state index contributed by atoms with van der Waals surface area (Å²) < 4.78 is 6.87. The highest BCUT2D eigenvalue weighted by Gasteiger charge is 2.13. The molecule has 1 aromatic carbocycles. The molecule has 1 saturated heterocycles. The van der Waals surface area contributed by atoms with Gasteiger partial charge in [-0.05, 0) is 37.6 Å². The number of halogens is 1. The van der Waals surface area contributed by atoms with Gasteiger partial charge in [-0.2, -0.15) is 0 Å². The van der Waals surface area contributed by atoms with Gasteiger partial charge in [-0.1, -0.05) is 28.1 Å². The van der Waals surface area contributed by atoms with Crippen LogP contribution in [-0.4, -0.2) is 50.8 Å². The van der Waals surface area contributed by atoms with E-state index in [1.807, 2.05) is 0 Å². The normalized spacial score (nSPS) is 19.8. The highest BCUT2D eigenvalue weighted by Crippen LogP contribution is 2.12. The van der Waals surface area contributed by atoms with Gasteiger partial charge in [-0.25, -0.2) is 0 Å². The maximum atomic E-state index is 5.71. The molecule has 0 saturated carbocycles. The summed E-state index contributed by atoms with van der Waals surface area (Å²) in [6.07, 6.45) is 2.60. The first-order valence-electron chi connectivity index (χ1n) is 6.99. The van der Waals surface area contributed by atoms with Crippen LogP contribution in [0.2, 0.25) is 0 Å². The van der Waals surface area contributed by atoms with Crippen LogP contribution >= 0.6 is 15.9 Å². The first kappa shape index (κ1) is 15.0. The van der Waals surface area contributed by atoms with E-state index < -0.39 is 0 Å². The van der Waals surface area contributed by atoms with Crippen molar-refractivity contribution >= 4 is 15.9 Å². The highest BCUT2D eigenvalue weighted by molar-refractivity contribution is 9.10. The van der Waals surface area contributed by atoms with Crippen LogP contribution in [0.25, 0.3) is 0 Å². The minimum absolute atomic E-state index is 0.391. The van der Waals surface area contributed by atoms with Crippen molar-refractivity contribution in [2.24, 2.45) is 0 Å². The van der Waals surface area contributed by atoms with Gasteiger partial charge in [0.05, 0.1) is 12.7 Å². The van der Waals surface area contributed by atoms with Crippen molar-refractivity contribution in [3.8, 4) is 0 Å². The van der Waals surface area contributed by atoms with Crippen LogP contribution in [0.1, 0.15) is 12.0 Å². The fraction of sp³-hybridized carbons (Fsp3) is 0.600. The molecular formula is C15H23BrN2O. The van der Waals surface area contributed by atoms with E-state index in [0.717, 1.165) is 50.1 Å². The fourth-order valence-electron chi connectivity index (χ4n) is 2.29. The van der Waals surface area contributed by atoms with E-state index in [1.54, 1.807) is 0 Å². The van der Waals surface area contributed by atoms with Crippen LogP contribution in [0, 0.1) is 0 Å². The molecule has 106 valence electrons. The number of nitrogens with zero attached hydrogens (tertiary/aromatic N) is 1. The molecule has 1 heterocycles. The lowest BCUT2D eigenvalue weighted by Gasteiger charge is -2.25. The van der Waals surface area contributed by atoms with Crippen molar-refractivity contribution in [2.45, 2.75) is 18.9 Å². The first-order valence-corrected chi connectivity index (χ1v) is 7.78. The summed E-state index contributed by atoms with van der Waals surface area (Å²) in [4.78, 5) is 2.39. The molecule has 1 fully saturated rings. The van der Waals surface area contributed by atoms with Gasteiger partial charge >= 0.3 is 0 Å². The van der Waals surface area contributed by atoms with E-state index in [9.17, 15) is 0 Å². The number of hydrogen-bond acceptors (Lipinski definition) is 3. The Morgan fingerprint density at radius 3 is 3.05 bits per heavy atom. The third kappa shape index (κ3) is 5.61. The van der Waals surface area contributed by atoms with Gasteiger partial charge in [-0.15, -0.1) is 0 Å². The Morgan fingerprint density at radius 1 is 1.42 bits per heavy atom. The third-order valence-electron chi connectivity index (χ3n) is 3.51. The summed E-state index contributed by atoms with van der Waals surface area (Å²) in [5, 5.41) is 3.37. The second-order valence-electron chi connectivity index (χ2n) is 5.17. The molecule has 1 aliphatic heterocycles. The van der Waals surface area contributed by atoms with Crippen molar-refractivity contribution in [1.29, 1.82) is 0 Å². The average molecular weight is 327 g/mol. The van der Waals surface area contributed by atoms with Crippen LogP contribution in [0.15, 0.2) is 28.7 Å².